The van der Waals surface area contributed by atoms with Crippen LogP contribution in [0.15, 0.2) is 60.7 Å². The van der Waals surface area contributed by atoms with Crippen molar-refractivity contribution in [1.82, 2.24) is 4.90 Å². The van der Waals surface area contributed by atoms with Gasteiger partial charge in [0.05, 0.1) is 19.3 Å². The van der Waals surface area contributed by atoms with Crippen LogP contribution in [0, 0.1) is 12.7 Å². The van der Waals surface area contributed by atoms with Crippen LogP contribution in [0.2, 0.25) is 0 Å². The Hall–Kier alpha value is -3.87. The Kier molecular flexibility index (Phi) is 6.82. The highest BCUT2D eigenvalue weighted by Crippen LogP contribution is 2.38. The molecule has 0 aliphatic carbocycles. The number of hydrogen-bond acceptors (Lipinski definition) is 4. The molecular formula is C27H27FN2O4. The normalized spacial score (nSPS) is 15.2. The fraction of sp³-hybridized carbons (Fsp3) is 0.259. The number of ether oxygens (including phenoxy) is 2. The van der Waals surface area contributed by atoms with Gasteiger partial charge in [0.2, 0.25) is 5.91 Å². The highest BCUT2D eigenvalue weighted by Gasteiger charge is 2.34. The van der Waals surface area contributed by atoms with E-state index in [2.05, 4.69) is 5.32 Å². The number of rotatable bonds is 6. The fourth-order valence-corrected chi connectivity index (χ4v) is 4.17. The lowest BCUT2D eigenvalue weighted by molar-refractivity contribution is -0.117. The van der Waals surface area contributed by atoms with Crippen molar-refractivity contribution >= 4 is 17.5 Å². The standard InChI is InChI=1S/C27H27FN2O4/c1-4-33-23-13-9-19(15-24(23)34-5-2)27(32)30-16-25(31)29-22-12-6-17(3)14-21(22)26(30)18-7-10-20(28)11-8-18/h6-15,26H,4-5,16H2,1-3H3,(H,29,31)/t26-/m1/s1. The number of fused-ring (bicyclic) bond motifs is 1. The van der Waals surface area contributed by atoms with Gasteiger partial charge in [0, 0.05) is 16.8 Å². The molecule has 1 N–H and O–H groups in total. The average molecular weight is 463 g/mol. The summed E-state index contributed by atoms with van der Waals surface area (Å²) in [4.78, 5) is 28.2. The molecule has 0 aromatic heterocycles. The van der Waals surface area contributed by atoms with Crippen molar-refractivity contribution < 1.29 is 23.5 Å². The Balaban J connectivity index is 1.83. The second-order valence-electron chi connectivity index (χ2n) is 8.05. The summed E-state index contributed by atoms with van der Waals surface area (Å²) in [7, 11) is 0. The number of nitrogens with zero attached hydrogens (tertiary/aromatic N) is 1. The largest absolute Gasteiger partial charge is 0.490 e. The quantitative estimate of drug-likeness (QED) is 0.553. The summed E-state index contributed by atoms with van der Waals surface area (Å²) >= 11 is 0. The molecule has 0 fully saturated rings. The summed E-state index contributed by atoms with van der Waals surface area (Å²) in [6.07, 6.45) is 0. The zero-order chi connectivity index (χ0) is 24.2. The van der Waals surface area contributed by atoms with Gasteiger partial charge in [-0.05, 0) is 62.7 Å². The number of anilines is 1. The highest BCUT2D eigenvalue weighted by molar-refractivity contribution is 6.01. The van der Waals surface area contributed by atoms with E-state index in [1.807, 2.05) is 39.0 Å². The van der Waals surface area contributed by atoms with Crippen molar-refractivity contribution in [2.75, 3.05) is 25.1 Å². The number of aryl methyl sites for hydroxylation is 1. The maximum Gasteiger partial charge on any atom is 0.255 e. The summed E-state index contributed by atoms with van der Waals surface area (Å²) in [5, 5.41) is 2.90. The van der Waals surface area contributed by atoms with Crippen LogP contribution in [0.1, 0.15) is 46.9 Å². The van der Waals surface area contributed by atoms with Crippen molar-refractivity contribution in [3.63, 3.8) is 0 Å². The molecule has 1 heterocycles. The minimum absolute atomic E-state index is 0.161. The van der Waals surface area contributed by atoms with Gasteiger partial charge in [-0.1, -0.05) is 29.8 Å². The Bertz CT molecular complexity index is 1210. The molecule has 176 valence electrons. The second kappa shape index (κ2) is 9.95. The predicted octanol–water partition coefficient (Wildman–Crippen LogP) is 5.12. The van der Waals surface area contributed by atoms with E-state index in [4.69, 9.17) is 9.47 Å². The van der Waals surface area contributed by atoms with Crippen molar-refractivity contribution in [2.24, 2.45) is 0 Å². The molecule has 2 amide bonds. The molecule has 4 rings (SSSR count). The van der Waals surface area contributed by atoms with Crippen molar-refractivity contribution in [3.8, 4) is 11.5 Å². The Labute approximate surface area is 198 Å². The van der Waals surface area contributed by atoms with Crippen LogP contribution in [0.5, 0.6) is 11.5 Å². The Morgan fingerprint density at radius 3 is 2.41 bits per heavy atom. The summed E-state index contributed by atoms with van der Waals surface area (Å²) in [6, 6.07) is 16.1. The maximum absolute atomic E-state index is 13.8. The number of nitrogens with one attached hydrogen (secondary N) is 1. The number of halogens is 1. The molecule has 1 aliphatic rings. The lowest BCUT2D eigenvalue weighted by Gasteiger charge is -2.31. The first-order valence-electron chi connectivity index (χ1n) is 11.3. The molecule has 0 bridgehead atoms. The first kappa shape index (κ1) is 23.3. The minimum atomic E-state index is -0.593. The van der Waals surface area contributed by atoms with E-state index in [0.717, 1.165) is 11.1 Å². The molecule has 34 heavy (non-hydrogen) atoms. The molecule has 0 unspecified atom stereocenters. The van der Waals surface area contributed by atoms with Crippen LogP contribution in [-0.4, -0.2) is 36.5 Å². The molecule has 3 aromatic carbocycles. The Morgan fingerprint density at radius 2 is 1.71 bits per heavy atom. The first-order chi connectivity index (χ1) is 16.4. The number of hydrogen-bond donors (Lipinski definition) is 1. The maximum atomic E-state index is 13.8. The van der Waals surface area contributed by atoms with Gasteiger partial charge in [0.1, 0.15) is 12.4 Å². The molecular weight excluding hydrogens is 435 g/mol. The van der Waals surface area contributed by atoms with Gasteiger partial charge in [-0.2, -0.15) is 0 Å². The van der Waals surface area contributed by atoms with Gasteiger partial charge >= 0.3 is 0 Å². The van der Waals surface area contributed by atoms with Gasteiger partial charge < -0.3 is 19.7 Å². The highest BCUT2D eigenvalue weighted by atomic mass is 19.1. The molecule has 0 spiro atoms. The molecule has 1 atom stereocenters. The molecule has 6 nitrogen and oxygen atoms in total. The summed E-state index contributed by atoms with van der Waals surface area (Å²) in [6.45, 7) is 6.38. The number of carbonyl (C=O) groups is 2. The third-order valence-electron chi connectivity index (χ3n) is 5.64. The van der Waals surface area contributed by atoms with Crippen LogP contribution >= 0.6 is 0 Å². The first-order valence-corrected chi connectivity index (χ1v) is 11.3. The van der Waals surface area contributed by atoms with Gasteiger partial charge in [-0.3, -0.25) is 9.59 Å². The van der Waals surface area contributed by atoms with E-state index >= 15 is 0 Å². The van der Waals surface area contributed by atoms with Gasteiger partial charge in [-0.25, -0.2) is 4.39 Å². The molecule has 7 heteroatoms. The zero-order valence-corrected chi connectivity index (χ0v) is 19.4. The molecule has 0 saturated carbocycles. The third-order valence-corrected chi connectivity index (χ3v) is 5.64. The summed E-state index contributed by atoms with van der Waals surface area (Å²) < 4.78 is 25.0. The van der Waals surface area contributed by atoms with Crippen LogP contribution in [-0.2, 0) is 4.79 Å². The van der Waals surface area contributed by atoms with Crippen LogP contribution in [0.3, 0.4) is 0 Å². The van der Waals surface area contributed by atoms with Crippen molar-refractivity contribution in [3.05, 3.63) is 88.7 Å². The third kappa shape index (κ3) is 4.73. The van der Waals surface area contributed by atoms with E-state index in [9.17, 15) is 14.0 Å². The molecule has 3 aromatic rings. The SMILES string of the molecule is CCOc1ccc(C(=O)N2CC(=O)Nc3ccc(C)cc3[C@H]2c2ccc(F)cc2)cc1OCC. The molecule has 0 saturated heterocycles. The van der Waals surface area contributed by atoms with Gasteiger partial charge in [0.25, 0.3) is 5.91 Å². The van der Waals surface area contributed by atoms with Crippen LogP contribution < -0.4 is 14.8 Å². The average Bonchev–Trinajstić information content (AvgIpc) is 2.96. The van der Waals surface area contributed by atoms with Crippen LogP contribution in [0.4, 0.5) is 10.1 Å². The van der Waals surface area contributed by atoms with E-state index in [-0.39, 0.29) is 24.2 Å². The van der Waals surface area contributed by atoms with Gasteiger partial charge in [0.15, 0.2) is 11.5 Å². The lowest BCUT2D eigenvalue weighted by Crippen LogP contribution is -2.39. The predicted molar refractivity (Wildman–Crippen MR) is 128 cm³/mol. The molecule has 1 aliphatic heterocycles. The van der Waals surface area contributed by atoms with Gasteiger partial charge in [-0.15, -0.1) is 0 Å². The number of benzene rings is 3. The lowest BCUT2D eigenvalue weighted by atomic mass is 9.94. The molecule has 0 radical (unpaired) electrons. The summed E-state index contributed by atoms with van der Waals surface area (Å²) in [5.41, 5.74) is 3.44. The van der Waals surface area contributed by atoms with E-state index in [1.54, 1.807) is 30.3 Å². The zero-order valence-electron chi connectivity index (χ0n) is 19.4. The van der Waals surface area contributed by atoms with E-state index in [0.29, 0.717) is 41.5 Å². The van der Waals surface area contributed by atoms with Crippen molar-refractivity contribution in [1.29, 1.82) is 0 Å². The van der Waals surface area contributed by atoms with Crippen LogP contribution in [0.25, 0.3) is 0 Å². The second-order valence-corrected chi connectivity index (χ2v) is 8.05. The van der Waals surface area contributed by atoms with E-state index in [1.165, 1.54) is 17.0 Å². The van der Waals surface area contributed by atoms with E-state index < -0.39 is 6.04 Å². The number of amides is 2. The minimum Gasteiger partial charge on any atom is -0.490 e. The van der Waals surface area contributed by atoms with Crippen molar-refractivity contribution in [2.45, 2.75) is 26.8 Å². The topological polar surface area (TPSA) is 67.9 Å². The monoisotopic (exact) mass is 462 g/mol. The fourth-order valence-electron chi connectivity index (χ4n) is 4.17. The Morgan fingerprint density at radius 1 is 1.00 bits per heavy atom. The number of carbonyl (C=O) groups excluding carboxylic acids is 2. The smallest absolute Gasteiger partial charge is 0.255 e. The summed E-state index contributed by atoms with van der Waals surface area (Å²) in [5.74, 6) is -0.0155.